The number of fused-ring (bicyclic) bond motifs is 1. The van der Waals surface area contributed by atoms with Gasteiger partial charge in [0.2, 0.25) is 0 Å². The van der Waals surface area contributed by atoms with Gasteiger partial charge in [-0.3, -0.25) is 4.98 Å². The number of ether oxygens (including phenoxy) is 1. The van der Waals surface area contributed by atoms with Gasteiger partial charge in [-0.2, -0.15) is 31.4 Å². The Morgan fingerprint density at radius 3 is 2.12 bits per heavy atom. The Morgan fingerprint density at radius 2 is 1.53 bits per heavy atom. The number of aromatic nitrogens is 4. The highest BCUT2D eigenvalue weighted by molar-refractivity contribution is 5.79. The summed E-state index contributed by atoms with van der Waals surface area (Å²) in [6.45, 7) is 4.95. The van der Waals surface area contributed by atoms with Crippen LogP contribution in [-0.2, 0) is 12.4 Å². The molecular weight excluding hydrogens is 462 g/mol. The van der Waals surface area contributed by atoms with Crippen LogP contribution in [0.4, 0.5) is 26.3 Å². The van der Waals surface area contributed by atoms with E-state index in [2.05, 4.69) is 15.1 Å². The maximum absolute atomic E-state index is 13.9. The van der Waals surface area contributed by atoms with Gasteiger partial charge in [-0.1, -0.05) is 6.07 Å². The lowest BCUT2D eigenvalue weighted by atomic mass is 10.1. The predicted octanol–water partition coefficient (Wildman–Crippen LogP) is 6.51. The zero-order valence-electron chi connectivity index (χ0n) is 18.2. The van der Waals surface area contributed by atoms with Crippen molar-refractivity contribution in [3.05, 3.63) is 65.2 Å². The lowest BCUT2D eigenvalue weighted by molar-refractivity contribution is -0.142. The molecule has 4 aromatic rings. The van der Waals surface area contributed by atoms with Crippen LogP contribution < -0.4 is 4.74 Å². The number of hydrogen-bond acceptors (Lipinski definition) is 4. The third-order valence-electron chi connectivity index (χ3n) is 5.04. The number of nitrogens with zero attached hydrogens (tertiary/aromatic N) is 4. The summed E-state index contributed by atoms with van der Waals surface area (Å²) in [5.74, 6) is -0.489. The van der Waals surface area contributed by atoms with Crippen molar-refractivity contribution in [3.8, 4) is 28.1 Å². The molecule has 0 fully saturated rings. The fourth-order valence-electron chi connectivity index (χ4n) is 3.70. The minimum Gasteiger partial charge on any atom is -0.493 e. The Bertz CT molecular complexity index is 1350. The van der Waals surface area contributed by atoms with Gasteiger partial charge < -0.3 is 4.74 Å². The molecule has 0 unspecified atom stereocenters. The van der Waals surface area contributed by atoms with E-state index in [9.17, 15) is 26.3 Å². The maximum atomic E-state index is 13.9. The highest BCUT2D eigenvalue weighted by atomic mass is 19.4. The van der Waals surface area contributed by atoms with E-state index in [1.807, 2.05) is 0 Å². The molecule has 0 aliphatic rings. The van der Waals surface area contributed by atoms with Crippen LogP contribution in [0.25, 0.3) is 28.0 Å². The van der Waals surface area contributed by atoms with Gasteiger partial charge in [-0.25, -0.2) is 9.50 Å². The van der Waals surface area contributed by atoms with Gasteiger partial charge in [-0.15, -0.1) is 0 Å². The second kappa shape index (κ2) is 8.30. The average molecular weight is 480 g/mol. The fraction of sp³-hybridized carbons (Fsp3) is 0.261. The van der Waals surface area contributed by atoms with Crippen molar-refractivity contribution < 1.29 is 31.1 Å². The van der Waals surface area contributed by atoms with Crippen LogP contribution in [0.5, 0.6) is 5.75 Å². The van der Waals surface area contributed by atoms with Crippen LogP contribution in [0.2, 0.25) is 0 Å². The van der Waals surface area contributed by atoms with Crippen LogP contribution in [0.3, 0.4) is 0 Å². The monoisotopic (exact) mass is 480 g/mol. The molecule has 0 aliphatic heterocycles. The molecule has 34 heavy (non-hydrogen) atoms. The van der Waals surface area contributed by atoms with Gasteiger partial charge in [0.05, 0.1) is 24.1 Å². The molecule has 0 aliphatic carbocycles. The molecule has 0 spiro atoms. The van der Waals surface area contributed by atoms with Crippen molar-refractivity contribution in [2.24, 2.45) is 0 Å². The molecule has 0 amide bonds. The molecule has 0 atom stereocenters. The van der Waals surface area contributed by atoms with Crippen LogP contribution in [-0.4, -0.2) is 26.2 Å². The summed E-state index contributed by atoms with van der Waals surface area (Å²) in [5, 5.41) is 3.89. The first kappa shape index (κ1) is 23.5. The number of rotatable bonds is 4. The zero-order chi connectivity index (χ0) is 24.8. The summed E-state index contributed by atoms with van der Waals surface area (Å²) in [4.78, 5) is 8.62. The minimum atomic E-state index is -4.79. The molecule has 11 heteroatoms. The van der Waals surface area contributed by atoms with Crippen LogP contribution in [0.15, 0.2) is 42.6 Å². The van der Waals surface area contributed by atoms with E-state index in [1.54, 1.807) is 26.0 Å². The molecule has 0 saturated heterocycles. The first-order chi connectivity index (χ1) is 15.9. The van der Waals surface area contributed by atoms with Crippen molar-refractivity contribution in [2.45, 2.75) is 33.1 Å². The molecule has 0 N–H and O–H groups in total. The Hall–Kier alpha value is -3.63. The fourth-order valence-corrected chi connectivity index (χ4v) is 3.70. The summed E-state index contributed by atoms with van der Waals surface area (Å²) in [6.07, 6.45) is -8.21. The summed E-state index contributed by atoms with van der Waals surface area (Å²) < 4.78 is 87.5. The standard InChI is InChI=1S/C23H18F6N4O/c1-4-34-19-9-14(5-6-17(19)22(24,25)26)18-10-20(23(27,28)29)33-21(32-18)16(11-30-33)15-7-12(2)31-13(3)8-15/h5-11H,4H2,1-3H3. The Labute approximate surface area is 190 Å². The molecule has 4 rings (SSSR count). The van der Waals surface area contributed by atoms with Crippen molar-refractivity contribution in [1.29, 1.82) is 0 Å². The second-order valence-corrected chi connectivity index (χ2v) is 7.60. The number of benzene rings is 1. The van der Waals surface area contributed by atoms with Gasteiger partial charge in [0.15, 0.2) is 11.3 Å². The molecule has 3 aromatic heterocycles. The van der Waals surface area contributed by atoms with E-state index in [0.29, 0.717) is 27.0 Å². The van der Waals surface area contributed by atoms with Crippen LogP contribution >= 0.6 is 0 Å². The van der Waals surface area contributed by atoms with Gasteiger partial charge >= 0.3 is 12.4 Å². The van der Waals surface area contributed by atoms with Crippen molar-refractivity contribution in [2.75, 3.05) is 6.61 Å². The van der Waals surface area contributed by atoms with Gasteiger partial charge in [0.25, 0.3) is 0 Å². The smallest absolute Gasteiger partial charge is 0.433 e. The number of pyridine rings is 1. The second-order valence-electron chi connectivity index (χ2n) is 7.60. The van der Waals surface area contributed by atoms with E-state index in [1.165, 1.54) is 13.1 Å². The number of alkyl halides is 6. The van der Waals surface area contributed by atoms with E-state index in [4.69, 9.17) is 4.74 Å². The van der Waals surface area contributed by atoms with Gasteiger partial charge in [-0.05, 0) is 56.7 Å². The summed E-state index contributed by atoms with van der Waals surface area (Å²) in [7, 11) is 0. The molecule has 178 valence electrons. The summed E-state index contributed by atoms with van der Waals surface area (Å²) in [6, 6.07) is 7.02. The Kier molecular flexibility index (Phi) is 5.74. The summed E-state index contributed by atoms with van der Waals surface area (Å²) in [5.41, 5.74) is -0.137. The molecular formula is C23H18F6N4O. The Balaban J connectivity index is 1.98. The lowest BCUT2D eigenvalue weighted by Crippen LogP contribution is -2.14. The van der Waals surface area contributed by atoms with E-state index in [0.717, 1.165) is 24.3 Å². The number of aryl methyl sites for hydroxylation is 2. The summed E-state index contributed by atoms with van der Waals surface area (Å²) >= 11 is 0. The predicted molar refractivity (Wildman–Crippen MR) is 112 cm³/mol. The van der Waals surface area contributed by atoms with E-state index < -0.39 is 29.4 Å². The largest absolute Gasteiger partial charge is 0.493 e. The maximum Gasteiger partial charge on any atom is 0.433 e. The SMILES string of the molecule is CCOc1cc(-c2cc(C(F)(F)F)n3ncc(-c4cc(C)nc(C)c4)c3n2)ccc1C(F)(F)F. The lowest BCUT2D eigenvalue weighted by Gasteiger charge is -2.15. The third-order valence-corrected chi connectivity index (χ3v) is 5.04. The first-order valence-electron chi connectivity index (χ1n) is 10.1. The molecule has 1 aromatic carbocycles. The quantitative estimate of drug-likeness (QED) is 0.313. The third kappa shape index (κ3) is 4.42. The van der Waals surface area contributed by atoms with Crippen LogP contribution in [0, 0.1) is 13.8 Å². The number of hydrogen-bond donors (Lipinski definition) is 0. The van der Waals surface area contributed by atoms with Crippen molar-refractivity contribution in [1.82, 2.24) is 19.6 Å². The van der Waals surface area contributed by atoms with Gasteiger partial charge in [0.1, 0.15) is 5.75 Å². The minimum absolute atomic E-state index is 0.0405. The van der Waals surface area contributed by atoms with Crippen molar-refractivity contribution in [3.63, 3.8) is 0 Å². The van der Waals surface area contributed by atoms with E-state index in [-0.39, 0.29) is 23.5 Å². The van der Waals surface area contributed by atoms with E-state index >= 15 is 0 Å². The topological polar surface area (TPSA) is 52.3 Å². The molecule has 0 radical (unpaired) electrons. The molecule has 0 bridgehead atoms. The molecule has 3 heterocycles. The zero-order valence-corrected chi connectivity index (χ0v) is 18.2. The average Bonchev–Trinajstić information content (AvgIpc) is 3.15. The first-order valence-corrected chi connectivity index (χ1v) is 10.1. The highest BCUT2D eigenvalue weighted by Crippen LogP contribution is 2.40. The molecule has 0 saturated carbocycles. The highest BCUT2D eigenvalue weighted by Gasteiger charge is 2.37. The van der Waals surface area contributed by atoms with Gasteiger partial charge in [0, 0.05) is 22.5 Å². The van der Waals surface area contributed by atoms with Crippen LogP contribution in [0.1, 0.15) is 29.6 Å². The van der Waals surface area contributed by atoms with Crippen molar-refractivity contribution >= 4 is 5.65 Å². The Morgan fingerprint density at radius 1 is 0.853 bits per heavy atom. The number of halogens is 6. The molecule has 5 nitrogen and oxygen atoms in total. The normalized spacial score (nSPS) is 12.4.